The van der Waals surface area contributed by atoms with Gasteiger partial charge in [-0.2, -0.15) is 0 Å². The van der Waals surface area contributed by atoms with Crippen LogP contribution in [-0.2, 0) is 0 Å². The molecule has 2 N–H and O–H groups in total. The van der Waals surface area contributed by atoms with E-state index in [1.165, 1.54) is 18.2 Å². The summed E-state index contributed by atoms with van der Waals surface area (Å²) in [5.41, 5.74) is -0.581. The van der Waals surface area contributed by atoms with E-state index < -0.39 is 16.6 Å². The van der Waals surface area contributed by atoms with E-state index in [1.807, 2.05) is 27.7 Å². The molecule has 0 bridgehead atoms. The Labute approximate surface area is 111 Å². The Bertz CT molecular complexity index is 506. The lowest BCUT2D eigenvalue weighted by atomic mass is 9.88. The van der Waals surface area contributed by atoms with E-state index in [2.05, 4.69) is 5.32 Å². The summed E-state index contributed by atoms with van der Waals surface area (Å²) in [6.07, 6.45) is 0. The number of anilines is 1. The molecule has 0 amide bonds. The Morgan fingerprint density at radius 2 is 2.00 bits per heavy atom. The first-order chi connectivity index (χ1) is 8.64. The zero-order valence-corrected chi connectivity index (χ0v) is 11.4. The van der Waals surface area contributed by atoms with Crippen molar-refractivity contribution in [1.29, 1.82) is 0 Å². The van der Waals surface area contributed by atoms with Crippen LogP contribution in [0.25, 0.3) is 0 Å². The molecule has 1 aromatic rings. The summed E-state index contributed by atoms with van der Waals surface area (Å²) in [4.78, 5) is 21.4. The molecule has 1 rings (SSSR count). The molecular formula is C13H18N2O4. The third kappa shape index (κ3) is 3.43. The van der Waals surface area contributed by atoms with Gasteiger partial charge in [0.05, 0.1) is 4.92 Å². The summed E-state index contributed by atoms with van der Waals surface area (Å²) in [6.45, 7) is 7.89. The maximum Gasteiger partial charge on any atom is 0.342 e. The Balaban J connectivity index is 3.25. The number of benzene rings is 1. The summed E-state index contributed by atoms with van der Waals surface area (Å²) in [5.74, 6) is -1.31. The van der Waals surface area contributed by atoms with Crippen molar-refractivity contribution in [3.8, 4) is 0 Å². The van der Waals surface area contributed by atoms with Crippen molar-refractivity contribution in [2.24, 2.45) is 5.41 Å². The summed E-state index contributed by atoms with van der Waals surface area (Å²) in [7, 11) is 0. The average molecular weight is 266 g/mol. The smallest absolute Gasteiger partial charge is 0.342 e. The molecule has 19 heavy (non-hydrogen) atoms. The lowest BCUT2D eigenvalue weighted by Crippen LogP contribution is -2.31. The zero-order valence-electron chi connectivity index (χ0n) is 11.4. The summed E-state index contributed by atoms with van der Waals surface area (Å²) in [6, 6.07) is 4.20. The molecule has 0 radical (unpaired) electrons. The minimum atomic E-state index is -1.31. The zero-order chi connectivity index (χ0) is 14.8. The van der Waals surface area contributed by atoms with E-state index in [0.717, 1.165) is 0 Å². The third-order valence-electron chi connectivity index (χ3n) is 3.12. The number of carboxylic acids is 1. The minimum Gasteiger partial charge on any atom is -0.477 e. The molecule has 1 unspecified atom stereocenters. The molecule has 104 valence electrons. The second kappa shape index (κ2) is 5.26. The second-order valence-electron chi connectivity index (χ2n) is 5.50. The number of nitro benzene ring substituents is 1. The first-order valence-corrected chi connectivity index (χ1v) is 5.92. The molecule has 0 saturated heterocycles. The van der Waals surface area contributed by atoms with Gasteiger partial charge in [0.2, 0.25) is 0 Å². The van der Waals surface area contributed by atoms with E-state index in [1.54, 1.807) is 0 Å². The fourth-order valence-electron chi connectivity index (χ4n) is 1.48. The van der Waals surface area contributed by atoms with Gasteiger partial charge in [-0.1, -0.05) is 26.8 Å². The molecule has 1 aromatic carbocycles. The third-order valence-corrected chi connectivity index (χ3v) is 3.12. The normalized spacial score (nSPS) is 12.8. The topological polar surface area (TPSA) is 92.5 Å². The van der Waals surface area contributed by atoms with Crippen molar-refractivity contribution in [3.63, 3.8) is 0 Å². The number of hydrogen-bond acceptors (Lipinski definition) is 4. The highest BCUT2D eigenvalue weighted by Gasteiger charge is 2.27. The van der Waals surface area contributed by atoms with E-state index in [9.17, 15) is 14.9 Å². The van der Waals surface area contributed by atoms with Crippen molar-refractivity contribution in [1.82, 2.24) is 0 Å². The number of nitro groups is 1. The fourth-order valence-corrected chi connectivity index (χ4v) is 1.48. The first-order valence-electron chi connectivity index (χ1n) is 5.92. The summed E-state index contributed by atoms with van der Waals surface area (Å²) < 4.78 is 0. The van der Waals surface area contributed by atoms with Crippen molar-refractivity contribution < 1.29 is 14.8 Å². The van der Waals surface area contributed by atoms with Crippen LogP contribution in [-0.4, -0.2) is 22.0 Å². The van der Waals surface area contributed by atoms with Crippen LogP contribution in [0.15, 0.2) is 18.2 Å². The quantitative estimate of drug-likeness (QED) is 0.645. The Morgan fingerprint density at radius 3 is 2.42 bits per heavy atom. The van der Waals surface area contributed by atoms with E-state index in [0.29, 0.717) is 0 Å². The monoisotopic (exact) mass is 266 g/mol. The number of nitrogens with zero attached hydrogens (tertiary/aromatic N) is 1. The van der Waals surface area contributed by atoms with Crippen LogP contribution in [0.2, 0.25) is 0 Å². The van der Waals surface area contributed by atoms with Crippen LogP contribution in [0.4, 0.5) is 11.4 Å². The number of aromatic carboxylic acids is 1. The van der Waals surface area contributed by atoms with Gasteiger partial charge < -0.3 is 10.4 Å². The highest BCUT2D eigenvalue weighted by Crippen LogP contribution is 2.31. The number of hydrogen-bond donors (Lipinski definition) is 2. The number of para-hydroxylation sites is 1. The van der Waals surface area contributed by atoms with Gasteiger partial charge in [-0.15, -0.1) is 0 Å². The Morgan fingerprint density at radius 1 is 1.42 bits per heavy atom. The van der Waals surface area contributed by atoms with Crippen LogP contribution >= 0.6 is 0 Å². The SMILES string of the molecule is CC(Nc1cccc(C(=O)O)c1[N+](=O)[O-])C(C)(C)C. The molecule has 0 saturated carbocycles. The molecule has 0 aliphatic heterocycles. The van der Waals surface area contributed by atoms with Crippen molar-refractivity contribution in [2.45, 2.75) is 33.7 Å². The largest absolute Gasteiger partial charge is 0.477 e. The standard InChI is InChI=1S/C13H18N2O4/c1-8(13(2,3)4)14-10-7-5-6-9(12(16)17)11(10)15(18)19/h5-8,14H,1-4H3,(H,16,17). The van der Waals surface area contributed by atoms with Gasteiger partial charge in [-0.25, -0.2) is 4.79 Å². The van der Waals surface area contributed by atoms with Crippen LogP contribution in [0.3, 0.4) is 0 Å². The predicted octanol–water partition coefficient (Wildman–Crippen LogP) is 3.14. The van der Waals surface area contributed by atoms with Crippen LogP contribution in [0.5, 0.6) is 0 Å². The second-order valence-corrected chi connectivity index (χ2v) is 5.50. The minimum absolute atomic E-state index is 0.0461. The number of carboxylic acid groups (broad SMARTS) is 1. The molecule has 6 nitrogen and oxygen atoms in total. The van der Waals surface area contributed by atoms with Gasteiger partial charge >= 0.3 is 11.7 Å². The van der Waals surface area contributed by atoms with E-state index in [4.69, 9.17) is 5.11 Å². The van der Waals surface area contributed by atoms with Gasteiger partial charge in [-0.05, 0) is 24.5 Å². The molecular weight excluding hydrogens is 248 g/mol. The molecule has 0 aromatic heterocycles. The van der Waals surface area contributed by atoms with Crippen LogP contribution < -0.4 is 5.32 Å². The van der Waals surface area contributed by atoms with Crippen molar-refractivity contribution >= 4 is 17.3 Å². The van der Waals surface area contributed by atoms with Gasteiger partial charge in [0.1, 0.15) is 11.3 Å². The molecule has 1 atom stereocenters. The Kier molecular flexibility index (Phi) is 4.14. The fraction of sp³-hybridized carbons (Fsp3) is 0.462. The highest BCUT2D eigenvalue weighted by atomic mass is 16.6. The summed E-state index contributed by atoms with van der Waals surface area (Å²) in [5, 5.41) is 23.1. The van der Waals surface area contributed by atoms with E-state index >= 15 is 0 Å². The van der Waals surface area contributed by atoms with Crippen LogP contribution in [0.1, 0.15) is 38.1 Å². The van der Waals surface area contributed by atoms with E-state index in [-0.39, 0.29) is 22.7 Å². The summed E-state index contributed by atoms with van der Waals surface area (Å²) >= 11 is 0. The van der Waals surface area contributed by atoms with Gasteiger partial charge in [0.15, 0.2) is 0 Å². The molecule has 0 spiro atoms. The lowest BCUT2D eigenvalue weighted by molar-refractivity contribution is -0.384. The number of carbonyl (C=O) groups is 1. The number of nitrogens with one attached hydrogen (secondary N) is 1. The lowest BCUT2D eigenvalue weighted by Gasteiger charge is -2.28. The molecule has 0 fully saturated rings. The first kappa shape index (κ1) is 14.9. The highest BCUT2D eigenvalue weighted by molar-refractivity contribution is 5.95. The average Bonchev–Trinajstić information content (AvgIpc) is 2.26. The van der Waals surface area contributed by atoms with Gasteiger partial charge in [0, 0.05) is 6.04 Å². The van der Waals surface area contributed by atoms with Crippen molar-refractivity contribution in [2.75, 3.05) is 5.32 Å². The molecule has 0 heterocycles. The van der Waals surface area contributed by atoms with Gasteiger partial charge in [0.25, 0.3) is 0 Å². The van der Waals surface area contributed by atoms with Crippen molar-refractivity contribution in [3.05, 3.63) is 33.9 Å². The molecule has 6 heteroatoms. The number of rotatable bonds is 4. The maximum atomic E-state index is 11.1. The Hall–Kier alpha value is -2.11. The predicted molar refractivity (Wildman–Crippen MR) is 72.6 cm³/mol. The maximum absolute atomic E-state index is 11.1. The molecule has 0 aliphatic carbocycles. The molecule has 0 aliphatic rings. The van der Waals surface area contributed by atoms with Gasteiger partial charge in [-0.3, -0.25) is 10.1 Å². The van der Waals surface area contributed by atoms with Crippen LogP contribution in [0, 0.1) is 15.5 Å².